The zero-order valence-corrected chi connectivity index (χ0v) is 40.3. The van der Waals surface area contributed by atoms with Crippen LogP contribution in [0.25, 0.3) is 0 Å². The first-order valence-electron chi connectivity index (χ1n) is 25.2. The fraction of sp³-hybridized carbons (Fsp3) is 0.633. The molecular weight excluding hydrogens is 905 g/mol. The smallest absolute Gasteiger partial charge is 0.343 e. The molecule has 378 valence electrons. The van der Waals surface area contributed by atoms with Gasteiger partial charge in [-0.1, -0.05) is 0 Å². The molecule has 4 aliphatic heterocycles. The Morgan fingerprint density at radius 3 is 2.19 bits per heavy atom. The van der Waals surface area contributed by atoms with Gasteiger partial charge in [0.15, 0.2) is 0 Å². The molecule has 4 N–H and O–H groups in total. The van der Waals surface area contributed by atoms with Crippen molar-refractivity contribution in [2.24, 2.45) is 18.9 Å². The number of esters is 1. The molecule has 9 rings (SSSR count). The first kappa shape index (κ1) is 49.0. The van der Waals surface area contributed by atoms with Crippen LogP contribution in [0.1, 0.15) is 87.9 Å². The number of alkyl halides is 1. The third kappa shape index (κ3) is 11.6. The molecule has 4 saturated heterocycles. The number of imide groups is 1. The summed E-state index contributed by atoms with van der Waals surface area (Å²) in [5.74, 6) is -0.866. The zero-order valence-electron chi connectivity index (χ0n) is 40.3. The molecule has 3 aromatic rings. The summed E-state index contributed by atoms with van der Waals surface area (Å²) in [4.78, 5) is 82.9. The van der Waals surface area contributed by atoms with E-state index in [-0.39, 0.29) is 61.7 Å². The average Bonchev–Trinajstić information content (AvgIpc) is 3.77. The topological polar surface area (TPSA) is 202 Å². The van der Waals surface area contributed by atoms with Crippen molar-refractivity contribution < 1.29 is 37.5 Å². The highest BCUT2D eigenvalue weighted by Crippen LogP contribution is 2.37. The number of amides is 4. The molecule has 1 aromatic carbocycles. The lowest BCUT2D eigenvalue weighted by molar-refractivity contribution is -0.153. The van der Waals surface area contributed by atoms with Crippen molar-refractivity contribution in [3.8, 4) is 0 Å². The second-order valence-corrected chi connectivity index (χ2v) is 20.0. The lowest BCUT2D eigenvalue weighted by Crippen LogP contribution is -2.63. The molecule has 6 fully saturated rings. The lowest BCUT2D eigenvalue weighted by Gasteiger charge is -2.47. The summed E-state index contributed by atoms with van der Waals surface area (Å²) in [6, 6.07) is 4.76. The Hall–Kier alpha value is -5.96. The predicted molar refractivity (Wildman–Crippen MR) is 258 cm³/mol. The van der Waals surface area contributed by atoms with E-state index in [9.17, 15) is 24.0 Å². The van der Waals surface area contributed by atoms with E-state index in [1.54, 1.807) is 34.8 Å². The number of hydrogen-bond donors (Lipinski definition) is 4. The van der Waals surface area contributed by atoms with Crippen molar-refractivity contribution in [1.82, 2.24) is 44.7 Å². The van der Waals surface area contributed by atoms with Gasteiger partial charge >= 0.3 is 5.97 Å². The summed E-state index contributed by atoms with van der Waals surface area (Å²) in [6.45, 7) is 8.30. The van der Waals surface area contributed by atoms with Gasteiger partial charge in [-0.25, -0.2) is 18.6 Å². The van der Waals surface area contributed by atoms with Gasteiger partial charge in [0.1, 0.15) is 28.9 Å². The van der Waals surface area contributed by atoms with Crippen molar-refractivity contribution in [1.29, 1.82) is 0 Å². The van der Waals surface area contributed by atoms with E-state index in [4.69, 9.17) is 4.74 Å². The van der Waals surface area contributed by atoms with E-state index in [0.29, 0.717) is 119 Å². The number of nitrogens with one attached hydrogen (secondary N) is 4. The number of likely N-dealkylation sites (tertiary alicyclic amines) is 1. The number of aromatic nitrogens is 4. The number of halogens is 2. The van der Waals surface area contributed by atoms with Crippen LogP contribution in [0.5, 0.6) is 0 Å². The van der Waals surface area contributed by atoms with E-state index >= 15 is 8.78 Å². The van der Waals surface area contributed by atoms with Gasteiger partial charge in [0.2, 0.25) is 29.6 Å². The second-order valence-electron chi connectivity index (χ2n) is 20.0. The first-order chi connectivity index (χ1) is 33.8. The Kier molecular flexibility index (Phi) is 15.1. The van der Waals surface area contributed by atoms with Crippen LogP contribution >= 0.6 is 0 Å². The molecule has 6 heterocycles. The molecule has 2 saturated carbocycles. The maximum absolute atomic E-state index is 15.8. The Morgan fingerprint density at radius 2 is 1.54 bits per heavy atom. The molecule has 0 radical (unpaired) electrons. The minimum Gasteiger partial charge on any atom is -0.462 e. The summed E-state index contributed by atoms with van der Waals surface area (Å²) in [5, 5.41) is 16.2. The molecule has 2 aromatic heterocycles. The summed E-state index contributed by atoms with van der Waals surface area (Å²) >= 11 is 0. The largest absolute Gasteiger partial charge is 0.462 e. The molecule has 2 aliphatic carbocycles. The molecule has 70 heavy (non-hydrogen) atoms. The van der Waals surface area contributed by atoms with Crippen LogP contribution in [-0.4, -0.2) is 171 Å². The summed E-state index contributed by atoms with van der Waals surface area (Å²) in [7, 11) is 1.82. The molecule has 1 unspecified atom stereocenters. The number of carbonyl (C=O) groups is 5. The number of piperidine rings is 1. The highest BCUT2D eigenvalue weighted by molar-refractivity contribution is 6.01. The average molecular weight is 972 g/mol. The van der Waals surface area contributed by atoms with Crippen LogP contribution in [0.15, 0.2) is 36.8 Å². The lowest BCUT2D eigenvalue weighted by atomic mass is 9.79. The minimum absolute atomic E-state index is 0.00532. The molecule has 19 nitrogen and oxygen atoms in total. The van der Waals surface area contributed by atoms with Crippen molar-refractivity contribution in [3.05, 3.63) is 48.2 Å². The van der Waals surface area contributed by atoms with Crippen molar-refractivity contribution in [2.75, 3.05) is 99.4 Å². The van der Waals surface area contributed by atoms with Gasteiger partial charge in [-0.15, -0.1) is 0 Å². The fourth-order valence-electron chi connectivity index (χ4n) is 11.1. The third-order valence-electron chi connectivity index (χ3n) is 15.2. The first-order valence-corrected chi connectivity index (χ1v) is 25.2. The van der Waals surface area contributed by atoms with Crippen LogP contribution in [0.3, 0.4) is 0 Å². The number of aryl methyl sites for hydroxylation is 1. The quantitative estimate of drug-likeness (QED) is 0.126. The van der Waals surface area contributed by atoms with E-state index in [0.717, 1.165) is 44.5 Å². The maximum atomic E-state index is 15.8. The number of piperazine rings is 2. The van der Waals surface area contributed by atoms with Gasteiger partial charge in [0.05, 0.1) is 37.3 Å². The van der Waals surface area contributed by atoms with Crippen LogP contribution in [-0.2, 0) is 31.0 Å². The Morgan fingerprint density at radius 1 is 0.843 bits per heavy atom. The minimum atomic E-state index is -1.42. The van der Waals surface area contributed by atoms with Gasteiger partial charge in [-0.3, -0.25) is 39.0 Å². The zero-order chi connectivity index (χ0) is 48.9. The Bertz CT molecular complexity index is 2370. The van der Waals surface area contributed by atoms with Gasteiger partial charge in [-0.05, 0) is 89.3 Å². The van der Waals surface area contributed by atoms with Gasteiger partial charge in [-0.2, -0.15) is 10.1 Å². The molecular formula is C49H67F2N13O6. The summed E-state index contributed by atoms with van der Waals surface area (Å²) < 4.78 is 38.0. The van der Waals surface area contributed by atoms with Crippen LogP contribution < -0.4 is 26.2 Å². The van der Waals surface area contributed by atoms with Crippen molar-refractivity contribution in [3.63, 3.8) is 0 Å². The number of rotatable bonds is 15. The van der Waals surface area contributed by atoms with E-state index < -0.39 is 29.4 Å². The van der Waals surface area contributed by atoms with Gasteiger partial charge < -0.3 is 35.4 Å². The highest BCUT2D eigenvalue weighted by atomic mass is 19.1. The standard InChI is InChI=1S/C49H67F2N13O6/c1-3-70-47(69)38-28-52-48(56-36-27-53-59(2)29-36)58-43(38)55-34-8-11-37(12-9-34)61-22-24-63(25-23-61)45(67)32-4-6-33(7-5-32)46(68)64-30-49(51,31-64)16-17-60-18-20-62(21-19-60)41-14-10-35(26-39(41)50)54-40-13-15-42(65)57-44(40)66/h10,14,26-29,32-34,37,40,54H,3-9,11-13,15-25,30-31H2,1-2H3,(H,57,65,66)(H2,52,55,56,58). The number of carbonyl (C=O) groups excluding carboxylic acids is 5. The third-order valence-corrected chi connectivity index (χ3v) is 15.2. The number of ether oxygens (including phenoxy) is 1. The molecule has 0 spiro atoms. The molecule has 0 bridgehead atoms. The van der Waals surface area contributed by atoms with E-state index in [1.165, 1.54) is 12.3 Å². The number of hydrogen-bond acceptors (Lipinski definition) is 15. The van der Waals surface area contributed by atoms with Gasteiger partial charge in [0.25, 0.3) is 0 Å². The van der Waals surface area contributed by atoms with Crippen LogP contribution in [0.2, 0.25) is 0 Å². The predicted octanol–water partition coefficient (Wildman–Crippen LogP) is 3.92. The van der Waals surface area contributed by atoms with Crippen LogP contribution in [0, 0.1) is 17.7 Å². The normalized spacial score (nSPS) is 25.4. The van der Waals surface area contributed by atoms with E-state index in [2.05, 4.69) is 46.1 Å². The molecule has 1 atom stereocenters. The van der Waals surface area contributed by atoms with Gasteiger partial charge in [0, 0.05) is 114 Å². The number of anilines is 5. The van der Waals surface area contributed by atoms with Crippen molar-refractivity contribution >= 4 is 58.4 Å². The van der Waals surface area contributed by atoms with Crippen LogP contribution in [0.4, 0.5) is 37.6 Å². The number of nitrogens with zero attached hydrogens (tertiary/aromatic N) is 9. The monoisotopic (exact) mass is 972 g/mol. The summed E-state index contributed by atoms with van der Waals surface area (Å²) in [5.41, 5.74) is 0.553. The Balaban J connectivity index is 0.650. The molecule has 4 amide bonds. The molecule has 21 heteroatoms. The molecule has 6 aliphatic rings. The Labute approximate surface area is 407 Å². The number of benzene rings is 1. The van der Waals surface area contributed by atoms with E-state index in [1.807, 2.05) is 23.0 Å². The highest BCUT2D eigenvalue weighted by Gasteiger charge is 2.48. The SMILES string of the molecule is CCOC(=O)c1cnc(Nc2cnn(C)c2)nc1NC1CCC(N2CCN(C(=O)C3CCC(C(=O)N4CC(F)(CCN5CCN(c6ccc(NC7CCC(=O)NC7=O)cc6F)CC5)C4)CC3)CC2)CC1. The summed E-state index contributed by atoms with van der Waals surface area (Å²) in [6.07, 6.45) is 12.3. The maximum Gasteiger partial charge on any atom is 0.343 e. The van der Waals surface area contributed by atoms with Crippen molar-refractivity contribution in [2.45, 2.75) is 101 Å². The fourth-order valence-corrected chi connectivity index (χ4v) is 11.1. The second kappa shape index (κ2) is 21.6.